The summed E-state index contributed by atoms with van der Waals surface area (Å²) in [5.41, 5.74) is 1.90. The molecule has 2 heterocycles. The van der Waals surface area contributed by atoms with E-state index < -0.39 is 17.7 Å². The van der Waals surface area contributed by atoms with Gasteiger partial charge < -0.3 is 10.3 Å². The van der Waals surface area contributed by atoms with E-state index in [1.54, 1.807) is 37.3 Å². The second-order valence-corrected chi connectivity index (χ2v) is 7.96. The van der Waals surface area contributed by atoms with Gasteiger partial charge in [-0.2, -0.15) is 5.10 Å². The molecule has 0 fully saturated rings. The number of H-pyrrole nitrogens is 2. The van der Waals surface area contributed by atoms with Crippen LogP contribution < -0.4 is 16.2 Å². The molecule has 176 valence electrons. The van der Waals surface area contributed by atoms with Crippen molar-refractivity contribution in [1.82, 2.24) is 25.5 Å². The minimum Gasteiger partial charge on any atom is -0.338 e. The van der Waals surface area contributed by atoms with Crippen molar-refractivity contribution in [2.45, 2.75) is 13.3 Å². The maximum atomic E-state index is 14.9. The minimum absolute atomic E-state index is 0.0762. The molecule has 35 heavy (non-hydrogen) atoms. The zero-order valence-electron chi connectivity index (χ0n) is 18.6. The second kappa shape index (κ2) is 8.98. The van der Waals surface area contributed by atoms with Gasteiger partial charge in [0.25, 0.3) is 5.56 Å². The molecule has 0 aliphatic carbocycles. The third kappa shape index (κ3) is 4.33. The van der Waals surface area contributed by atoms with Gasteiger partial charge in [0.15, 0.2) is 0 Å². The van der Waals surface area contributed by atoms with Crippen LogP contribution in [0, 0.1) is 11.6 Å². The molecule has 3 aromatic carbocycles. The molecule has 2 aromatic heterocycles. The number of aromatic nitrogens is 4. The molecule has 0 atom stereocenters. The first-order valence-corrected chi connectivity index (χ1v) is 10.9. The van der Waals surface area contributed by atoms with Crippen LogP contribution in [-0.4, -0.2) is 32.7 Å². The quantitative estimate of drug-likeness (QED) is 0.301. The highest BCUT2D eigenvalue weighted by Crippen LogP contribution is 2.30. The van der Waals surface area contributed by atoms with E-state index in [9.17, 15) is 18.4 Å². The maximum Gasteiger partial charge on any atom is 0.321 e. The number of imidazole rings is 1. The smallest absolute Gasteiger partial charge is 0.321 e. The largest absolute Gasteiger partial charge is 0.338 e. The Morgan fingerprint density at radius 1 is 1.03 bits per heavy atom. The summed E-state index contributed by atoms with van der Waals surface area (Å²) in [7, 11) is 0. The molecule has 0 aliphatic rings. The number of carbonyl (C=O) groups is 1. The lowest BCUT2D eigenvalue weighted by Gasteiger charge is -2.09. The Labute approximate surface area is 197 Å². The molecule has 0 radical (unpaired) electrons. The third-order valence-electron chi connectivity index (χ3n) is 5.60. The normalized spacial score (nSPS) is 11.2. The number of rotatable bonds is 5. The topological polar surface area (TPSA) is 116 Å². The fourth-order valence-electron chi connectivity index (χ4n) is 4.00. The van der Waals surface area contributed by atoms with Gasteiger partial charge in [0.05, 0.1) is 16.6 Å². The SMILES string of the molecule is CCNC(=O)Nc1nc2cc(-c3cc(Cc4n[nH]c(=O)c5ccccc45)ccc3F)cc(F)c2[nH]1. The molecule has 0 bridgehead atoms. The summed E-state index contributed by atoms with van der Waals surface area (Å²) < 4.78 is 29.7. The Hall–Kier alpha value is -4.60. The molecule has 0 saturated heterocycles. The lowest BCUT2D eigenvalue weighted by molar-refractivity contribution is 0.252. The third-order valence-corrected chi connectivity index (χ3v) is 5.60. The monoisotopic (exact) mass is 474 g/mol. The van der Waals surface area contributed by atoms with E-state index in [1.165, 1.54) is 12.1 Å². The molecule has 0 unspecified atom stereocenters. The highest BCUT2D eigenvalue weighted by Gasteiger charge is 2.15. The number of nitrogens with one attached hydrogen (secondary N) is 4. The van der Waals surface area contributed by atoms with Crippen LogP contribution in [0.15, 0.2) is 59.4 Å². The highest BCUT2D eigenvalue weighted by atomic mass is 19.1. The van der Waals surface area contributed by atoms with E-state index in [2.05, 4.69) is 30.8 Å². The van der Waals surface area contributed by atoms with Crippen LogP contribution >= 0.6 is 0 Å². The van der Waals surface area contributed by atoms with Gasteiger partial charge in [-0.3, -0.25) is 10.1 Å². The number of anilines is 1. The van der Waals surface area contributed by atoms with Gasteiger partial charge >= 0.3 is 6.03 Å². The van der Waals surface area contributed by atoms with Crippen molar-refractivity contribution in [3.05, 3.63) is 87.8 Å². The predicted molar refractivity (Wildman–Crippen MR) is 129 cm³/mol. The number of hydrogen-bond acceptors (Lipinski definition) is 4. The molecule has 10 heteroatoms. The predicted octanol–water partition coefficient (Wildman–Crippen LogP) is 4.48. The Morgan fingerprint density at radius 2 is 1.83 bits per heavy atom. The summed E-state index contributed by atoms with van der Waals surface area (Å²) in [6.45, 7) is 2.19. The van der Waals surface area contributed by atoms with Crippen molar-refractivity contribution in [2.24, 2.45) is 0 Å². The lowest BCUT2D eigenvalue weighted by atomic mass is 9.98. The van der Waals surface area contributed by atoms with Crippen LogP contribution in [0.1, 0.15) is 18.2 Å². The van der Waals surface area contributed by atoms with Crippen LogP contribution in [-0.2, 0) is 6.42 Å². The Kier molecular flexibility index (Phi) is 5.69. The Morgan fingerprint density at radius 3 is 2.63 bits per heavy atom. The number of carbonyl (C=O) groups excluding carboxylic acids is 1. The first-order valence-electron chi connectivity index (χ1n) is 10.9. The van der Waals surface area contributed by atoms with Gasteiger partial charge in [-0.25, -0.2) is 23.7 Å². The number of hydrogen-bond donors (Lipinski definition) is 4. The van der Waals surface area contributed by atoms with E-state index in [-0.39, 0.29) is 28.1 Å². The first kappa shape index (κ1) is 22.2. The van der Waals surface area contributed by atoms with Crippen LogP contribution in [0.4, 0.5) is 19.5 Å². The van der Waals surface area contributed by atoms with E-state index >= 15 is 0 Å². The van der Waals surface area contributed by atoms with Crippen LogP contribution in [0.25, 0.3) is 32.9 Å². The van der Waals surface area contributed by atoms with Gasteiger partial charge in [0.1, 0.15) is 17.2 Å². The number of aromatic amines is 2. The zero-order chi connectivity index (χ0) is 24.5. The van der Waals surface area contributed by atoms with Crippen molar-refractivity contribution in [3.63, 3.8) is 0 Å². The summed E-state index contributed by atoms with van der Waals surface area (Å²) in [6.07, 6.45) is 0.332. The molecule has 5 rings (SSSR count). The average Bonchev–Trinajstić information content (AvgIpc) is 3.25. The number of fused-ring (bicyclic) bond motifs is 2. The minimum atomic E-state index is -0.632. The molecule has 0 aliphatic heterocycles. The van der Waals surface area contributed by atoms with Gasteiger partial charge in [0, 0.05) is 23.9 Å². The van der Waals surface area contributed by atoms with Crippen LogP contribution in [0.5, 0.6) is 0 Å². The molecule has 0 spiro atoms. The molecule has 0 saturated carbocycles. The van der Waals surface area contributed by atoms with Crippen molar-refractivity contribution >= 4 is 33.8 Å². The Bertz CT molecular complexity index is 1640. The number of urea groups is 1. The summed E-state index contributed by atoms with van der Waals surface area (Å²) in [4.78, 5) is 30.7. The lowest BCUT2D eigenvalue weighted by Crippen LogP contribution is -2.28. The van der Waals surface area contributed by atoms with Crippen molar-refractivity contribution in [2.75, 3.05) is 11.9 Å². The summed E-state index contributed by atoms with van der Waals surface area (Å²) >= 11 is 0. The van der Waals surface area contributed by atoms with E-state index in [0.717, 1.165) is 5.56 Å². The summed E-state index contributed by atoms with van der Waals surface area (Å²) in [5.74, 6) is -1.08. The van der Waals surface area contributed by atoms with Crippen LogP contribution in [0.2, 0.25) is 0 Å². The fourth-order valence-corrected chi connectivity index (χ4v) is 4.00. The van der Waals surface area contributed by atoms with E-state index in [4.69, 9.17) is 0 Å². The van der Waals surface area contributed by atoms with E-state index in [0.29, 0.717) is 35.0 Å². The maximum absolute atomic E-state index is 14.9. The van der Waals surface area contributed by atoms with Gasteiger partial charge in [0.2, 0.25) is 5.95 Å². The molecular formula is C25H20F2N6O2. The second-order valence-electron chi connectivity index (χ2n) is 7.96. The van der Waals surface area contributed by atoms with Crippen LogP contribution in [0.3, 0.4) is 0 Å². The summed E-state index contributed by atoms with van der Waals surface area (Å²) in [6, 6.07) is 14.0. The number of benzene rings is 3. The first-order chi connectivity index (χ1) is 16.9. The Balaban J connectivity index is 1.51. The van der Waals surface area contributed by atoms with Gasteiger partial charge in [-0.1, -0.05) is 24.3 Å². The molecule has 4 N–H and O–H groups in total. The van der Waals surface area contributed by atoms with Crippen molar-refractivity contribution in [3.8, 4) is 11.1 Å². The summed E-state index contributed by atoms with van der Waals surface area (Å²) in [5, 5.41) is 13.0. The number of halogens is 2. The molecule has 8 nitrogen and oxygen atoms in total. The molecule has 2 amide bonds. The van der Waals surface area contributed by atoms with Crippen molar-refractivity contribution in [1.29, 1.82) is 0 Å². The highest BCUT2D eigenvalue weighted by molar-refractivity contribution is 5.91. The fraction of sp³-hybridized carbons (Fsp3) is 0.120. The number of amides is 2. The molecule has 5 aromatic rings. The standard InChI is InChI=1S/C25H20F2N6O2/c1-2-28-25(35)31-24-29-21-12-14(11-19(27)22(21)30-24)17-9-13(7-8-18(17)26)10-20-15-5-3-4-6-16(15)23(34)33-32-20/h3-9,11-12H,2,10H2,1H3,(H,33,34)(H3,28,29,30,31,35). The van der Waals surface area contributed by atoms with E-state index in [1.807, 2.05) is 12.1 Å². The molecular weight excluding hydrogens is 454 g/mol. The average molecular weight is 474 g/mol. The zero-order valence-corrected chi connectivity index (χ0v) is 18.6. The van der Waals surface area contributed by atoms with Gasteiger partial charge in [-0.15, -0.1) is 0 Å². The van der Waals surface area contributed by atoms with Gasteiger partial charge in [-0.05, 0) is 48.4 Å². The van der Waals surface area contributed by atoms with Crippen molar-refractivity contribution < 1.29 is 13.6 Å². The number of nitrogens with zero attached hydrogens (tertiary/aromatic N) is 2.